The molecule has 108 valence electrons. The van der Waals surface area contributed by atoms with Crippen LogP contribution in [0.25, 0.3) is 27.9 Å². The molecule has 2 heterocycles. The summed E-state index contributed by atoms with van der Waals surface area (Å²) in [6, 6.07) is 13.8. The summed E-state index contributed by atoms with van der Waals surface area (Å²) in [6.45, 7) is 2.05. The summed E-state index contributed by atoms with van der Waals surface area (Å²) < 4.78 is 6.98. The van der Waals surface area contributed by atoms with Crippen molar-refractivity contribution >= 4 is 16.6 Å². The fourth-order valence-electron chi connectivity index (χ4n) is 2.60. The van der Waals surface area contributed by atoms with E-state index in [2.05, 4.69) is 15.1 Å². The molecule has 5 nitrogen and oxygen atoms in total. The van der Waals surface area contributed by atoms with Crippen LogP contribution in [0.3, 0.4) is 0 Å². The van der Waals surface area contributed by atoms with Gasteiger partial charge in [0, 0.05) is 10.9 Å². The van der Waals surface area contributed by atoms with Crippen LogP contribution in [0.5, 0.6) is 5.75 Å². The number of aryl methyl sites for hydroxylation is 1. The Hall–Kier alpha value is -2.95. The first kappa shape index (κ1) is 12.8. The number of benzene rings is 2. The fourth-order valence-corrected chi connectivity index (χ4v) is 2.60. The van der Waals surface area contributed by atoms with Crippen molar-refractivity contribution < 1.29 is 4.74 Å². The predicted molar refractivity (Wildman–Crippen MR) is 85.0 cm³/mol. The highest BCUT2D eigenvalue weighted by Crippen LogP contribution is 2.24. The van der Waals surface area contributed by atoms with Crippen LogP contribution in [0.1, 0.15) is 5.56 Å². The molecule has 0 N–H and O–H groups in total. The standard InChI is InChI=1S/C17H14N4O/c1-11-5-3-8-14-15(11)18-10-21-17(14)19-16(20-21)12-6-4-7-13(9-12)22-2/h3-10H,1-2H3. The third-order valence-corrected chi connectivity index (χ3v) is 3.73. The topological polar surface area (TPSA) is 52.3 Å². The van der Waals surface area contributed by atoms with Crippen LogP contribution in [0.2, 0.25) is 0 Å². The Morgan fingerprint density at radius 2 is 1.95 bits per heavy atom. The molecule has 0 amide bonds. The van der Waals surface area contributed by atoms with Crippen LogP contribution in [-0.2, 0) is 0 Å². The molecule has 4 rings (SSSR count). The zero-order valence-electron chi connectivity index (χ0n) is 12.3. The third-order valence-electron chi connectivity index (χ3n) is 3.73. The summed E-state index contributed by atoms with van der Waals surface area (Å²) in [5, 5.41) is 5.53. The van der Waals surface area contributed by atoms with Gasteiger partial charge in [0.15, 0.2) is 11.5 Å². The van der Waals surface area contributed by atoms with E-state index in [0.29, 0.717) is 5.82 Å². The summed E-state index contributed by atoms with van der Waals surface area (Å²) in [5.74, 6) is 1.45. The van der Waals surface area contributed by atoms with E-state index in [1.54, 1.807) is 18.0 Å². The molecular formula is C17H14N4O. The Kier molecular flexibility index (Phi) is 2.79. The fraction of sp³-hybridized carbons (Fsp3) is 0.118. The molecule has 0 atom stereocenters. The number of hydrogen-bond acceptors (Lipinski definition) is 4. The molecule has 0 saturated heterocycles. The van der Waals surface area contributed by atoms with Crippen molar-refractivity contribution in [2.75, 3.05) is 7.11 Å². The summed E-state index contributed by atoms with van der Waals surface area (Å²) in [5.41, 5.74) is 3.82. The van der Waals surface area contributed by atoms with Gasteiger partial charge in [-0.1, -0.05) is 24.3 Å². The molecule has 0 aliphatic carbocycles. The lowest BCUT2D eigenvalue weighted by Gasteiger charge is -2.00. The number of fused-ring (bicyclic) bond motifs is 3. The van der Waals surface area contributed by atoms with Gasteiger partial charge in [-0.25, -0.2) is 14.5 Å². The average Bonchev–Trinajstić information content (AvgIpc) is 3.00. The number of aromatic nitrogens is 4. The van der Waals surface area contributed by atoms with Crippen LogP contribution in [0, 0.1) is 6.92 Å². The maximum Gasteiger partial charge on any atom is 0.182 e. The van der Waals surface area contributed by atoms with Gasteiger partial charge in [-0.15, -0.1) is 5.10 Å². The zero-order valence-corrected chi connectivity index (χ0v) is 12.3. The quantitative estimate of drug-likeness (QED) is 0.568. The van der Waals surface area contributed by atoms with Crippen molar-refractivity contribution in [3.8, 4) is 17.1 Å². The van der Waals surface area contributed by atoms with E-state index in [1.165, 1.54) is 0 Å². The maximum absolute atomic E-state index is 5.26. The van der Waals surface area contributed by atoms with Crippen LogP contribution in [0.15, 0.2) is 48.8 Å². The summed E-state index contributed by atoms with van der Waals surface area (Å²) >= 11 is 0. The Morgan fingerprint density at radius 1 is 1.09 bits per heavy atom. The maximum atomic E-state index is 5.26. The molecule has 0 fully saturated rings. The Bertz CT molecular complexity index is 990. The van der Waals surface area contributed by atoms with Gasteiger partial charge in [-0.2, -0.15) is 0 Å². The molecule has 2 aromatic carbocycles. The lowest BCUT2D eigenvalue weighted by molar-refractivity contribution is 0.415. The summed E-state index contributed by atoms with van der Waals surface area (Å²) in [6.07, 6.45) is 1.71. The molecule has 5 heteroatoms. The molecule has 2 aromatic heterocycles. The van der Waals surface area contributed by atoms with E-state index < -0.39 is 0 Å². The normalized spacial score (nSPS) is 11.2. The Morgan fingerprint density at radius 3 is 2.82 bits per heavy atom. The van der Waals surface area contributed by atoms with E-state index >= 15 is 0 Å². The minimum absolute atomic E-state index is 0.662. The van der Waals surface area contributed by atoms with E-state index in [1.807, 2.05) is 49.4 Å². The largest absolute Gasteiger partial charge is 0.497 e. The Balaban J connectivity index is 1.97. The van der Waals surface area contributed by atoms with Crippen molar-refractivity contribution in [3.63, 3.8) is 0 Å². The van der Waals surface area contributed by atoms with E-state index in [4.69, 9.17) is 4.74 Å². The van der Waals surface area contributed by atoms with E-state index in [-0.39, 0.29) is 0 Å². The molecule has 0 saturated carbocycles. The SMILES string of the molecule is COc1cccc(-c2nc3c4cccc(C)c4ncn3n2)c1. The van der Waals surface area contributed by atoms with Gasteiger partial charge in [0.2, 0.25) is 0 Å². The first-order chi connectivity index (χ1) is 10.8. The van der Waals surface area contributed by atoms with Crippen molar-refractivity contribution in [2.45, 2.75) is 6.92 Å². The molecule has 0 spiro atoms. The number of methoxy groups -OCH3 is 1. The summed E-state index contributed by atoms with van der Waals surface area (Å²) in [7, 11) is 1.65. The van der Waals surface area contributed by atoms with Gasteiger partial charge in [0.05, 0.1) is 12.6 Å². The van der Waals surface area contributed by atoms with E-state index in [0.717, 1.165) is 33.4 Å². The van der Waals surface area contributed by atoms with Crippen LogP contribution in [0.4, 0.5) is 0 Å². The van der Waals surface area contributed by atoms with Gasteiger partial charge in [-0.05, 0) is 30.7 Å². The predicted octanol–water partition coefficient (Wildman–Crippen LogP) is 3.26. The highest BCUT2D eigenvalue weighted by molar-refractivity contribution is 5.93. The minimum atomic E-state index is 0.662. The number of para-hydroxylation sites is 1. The second kappa shape index (κ2) is 4.80. The van der Waals surface area contributed by atoms with Crippen molar-refractivity contribution in [2.24, 2.45) is 0 Å². The second-order valence-electron chi connectivity index (χ2n) is 5.15. The van der Waals surface area contributed by atoms with Gasteiger partial charge < -0.3 is 4.74 Å². The van der Waals surface area contributed by atoms with Gasteiger partial charge >= 0.3 is 0 Å². The molecule has 0 aliphatic heterocycles. The molecule has 0 aliphatic rings. The lowest BCUT2D eigenvalue weighted by Crippen LogP contribution is -1.92. The lowest BCUT2D eigenvalue weighted by atomic mass is 10.1. The summed E-state index contributed by atoms with van der Waals surface area (Å²) in [4.78, 5) is 9.17. The Labute approximate surface area is 127 Å². The second-order valence-corrected chi connectivity index (χ2v) is 5.15. The highest BCUT2D eigenvalue weighted by Gasteiger charge is 2.11. The number of nitrogens with zero attached hydrogens (tertiary/aromatic N) is 4. The highest BCUT2D eigenvalue weighted by atomic mass is 16.5. The molecule has 22 heavy (non-hydrogen) atoms. The first-order valence-electron chi connectivity index (χ1n) is 7.01. The third kappa shape index (κ3) is 1.90. The van der Waals surface area contributed by atoms with Crippen LogP contribution >= 0.6 is 0 Å². The van der Waals surface area contributed by atoms with Crippen LogP contribution < -0.4 is 4.74 Å². The van der Waals surface area contributed by atoms with Crippen molar-refractivity contribution in [1.29, 1.82) is 0 Å². The zero-order chi connectivity index (χ0) is 15.1. The van der Waals surface area contributed by atoms with Crippen molar-refractivity contribution in [3.05, 3.63) is 54.4 Å². The van der Waals surface area contributed by atoms with Crippen molar-refractivity contribution in [1.82, 2.24) is 19.6 Å². The average molecular weight is 290 g/mol. The molecule has 0 unspecified atom stereocenters. The van der Waals surface area contributed by atoms with Gasteiger partial charge in [0.25, 0.3) is 0 Å². The van der Waals surface area contributed by atoms with Gasteiger partial charge in [0.1, 0.15) is 12.1 Å². The molecule has 0 bridgehead atoms. The number of hydrogen-bond donors (Lipinski definition) is 0. The minimum Gasteiger partial charge on any atom is -0.497 e. The van der Waals surface area contributed by atoms with Gasteiger partial charge in [-0.3, -0.25) is 0 Å². The molecule has 0 radical (unpaired) electrons. The smallest absolute Gasteiger partial charge is 0.182 e. The monoisotopic (exact) mass is 290 g/mol. The number of rotatable bonds is 2. The van der Waals surface area contributed by atoms with Crippen LogP contribution in [-0.4, -0.2) is 26.7 Å². The number of ether oxygens (including phenoxy) is 1. The first-order valence-corrected chi connectivity index (χ1v) is 7.01. The van der Waals surface area contributed by atoms with E-state index in [9.17, 15) is 0 Å². The molecular weight excluding hydrogens is 276 g/mol. The molecule has 4 aromatic rings.